The van der Waals surface area contributed by atoms with Crippen molar-refractivity contribution in [2.75, 3.05) is 24.5 Å². The third-order valence-corrected chi connectivity index (χ3v) is 5.59. The maximum atomic E-state index is 4.74. The van der Waals surface area contributed by atoms with Crippen molar-refractivity contribution >= 4 is 11.8 Å². The summed E-state index contributed by atoms with van der Waals surface area (Å²) in [6.07, 6.45) is 7.16. The van der Waals surface area contributed by atoms with Gasteiger partial charge in [0.1, 0.15) is 5.82 Å². The van der Waals surface area contributed by atoms with Crippen LogP contribution >= 0.6 is 0 Å². The molecule has 0 atom stereocenters. The SMILES string of the molecule is CCNC(=NCc1ccc(N2CCCCCC2)nc1)NCc1c(C)nn(C)c1C. The average molecular weight is 398 g/mol. The molecule has 7 heteroatoms. The Morgan fingerprint density at radius 2 is 1.86 bits per heavy atom. The molecule has 0 spiro atoms. The van der Waals surface area contributed by atoms with Crippen LogP contribution in [0.4, 0.5) is 5.82 Å². The number of aliphatic imine (C=N–C) groups is 1. The molecule has 1 aliphatic rings. The highest BCUT2D eigenvalue weighted by Crippen LogP contribution is 2.17. The highest BCUT2D eigenvalue weighted by Gasteiger charge is 2.11. The molecule has 1 saturated heterocycles. The Hall–Kier alpha value is -2.57. The van der Waals surface area contributed by atoms with Gasteiger partial charge in [0.2, 0.25) is 0 Å². The lowest BCUT2D eigenvalue weighted by Gasteiger charge is -2.21. The van der Waals surface area contributed by atoms with E-state index in [9.17, 15) is 0 Å². The summed E-state index contributed by atoms with van der Waals surface area (Å²) < 4.78 is 1.92. The van der Waals surface area contributed by atoms with Crippen LogP contribution < -0.4 is 15.5 Å². The summed E-state index contributed by atoms with van der Waals surface area (Å²) in [4.78, 5) is 11.8. The molecule has 2 aromatic rings. The molecule has 2 N–H and O–H groups in total. The first-order valence-corrected chi connectivity index (χ1v) is 10.8. The second-order valence-corrected chi connectivity index (χ2v) is 7.75. The Morgan fingerprint density at radius 3 is 2.45 bits per heavy atom. The lowest BCUT2D eigenvalue weighted by molar-refractivity contribution is 0.726. The molecule has 1 aliphatic heterocycles. The quantitative estimate of drug-likeness (QED) is 0.579. The van der Waals surface area contributed by atoms with E-state index in [0.717, 1.165) is 42.7 Å². The molecular weight excluding hydrogens is 362 g/mol. The van der Waals surface area contributed by atoms with E-state index in [2.05, 4.69) is 46.6 Å². The van der Waals surface area contributed by atoms with Gasteiger partial charge in [-0.2, -0.15) is 5.10 Å². The monoisotopic (exact) mass is 397 g/mol. The first kappa shape index (κ1) is 21.1. The van der Waals surface area contributed by atoms with Gasteiger partial charge in [0.15, 0.2) is 5.96 Å². The minimum atomic E-state index is 0.605. The fourth-order valence-electron chi connectivity index (χ4n) is 3.75. The van der Waals surface area contributed by atoms with E-state index in [1.54, 1.807) is 0 Å². The van der Waals surface area contributed by atoms with Gasteiger partial charge in [-0.15, -0.1) is 0 Å². The van der Waals surface area contributed by atoms with E-state index in [-0.39, 0.29) is 0 Å². The fraction of sp³-hybridized carbons (Fsp3) is 0.591. The summed E-state index contributed by atoms with van der Waals surface area (Å²) in [5.74, 6) is 1.90. The van der Waals surface area contributed by atoms with Gasteiger partial charge in [-0.3, -0.25) is 4.68 Å². The molecule has 0 aliphatic carbocycles. The summed E-state index contributed by atoms with van der Waals surface area (Å²) in [6, 6.07) is 4.29. The van der Waals surface area contributed by atoms with Crippen LogP contribution in [0.1, 0.15) is 55.1 Å². The molecule has 3 heterocycles. The third-order valence-electron chi connectivity index (χ3n) is 5.59. The first-order chi connectivity index (χ1) is 14.1. The Balaban J connectivity index is 1.60. The lowest BCUT2D eigenvalue weighted by Crippen LogP contribution is -2.37. The molecule has 2 aromatic heterocycles. The predicted octanol–water partition coefficient (Wildman–Crippen LogP) is 3.07. The second kappa shape index (κ2) is 10.3. The van der Waals surface area contributed by atoms with Gasteiger partial charge in [-0.25, -0.2) is 9.98 Å². The van der Waals surface area contributed by atoms with E-state index in [4.69, 9.17) is 9.98 Å². The zero-order valence-electron chi connectivity index (χ0n) is 18.3. The number of anilines is 1. The van der Waals surface area contributed by atoms with Gasteiger partial charge < -0.3 is 15.5 Å². The minimum absolute atomic E-state index is 0.605. The maximum Gasteiger partial charge on any atom is 0.191 e. The van der Waals surface area contributed by atoms with Crippen molar-refractivity contribution in [2.45, 2.75) is 59.5 Å². The molecule has 0 amide bonds. The van der Waals surface area contributed by atoms with Crippen LogP contribution in [0.5, 0.6) is 0 Å². The van der Waals surface area contributed by atoms with E-state index >= 15 is 0 Å². The number of aromatic nitrogens is 3. The molecule has 0 radical (unpaired) electrons. The van der Waals surface area contributed by atoms with E-state index in [0.29, 0.717) is 13.1 Å². The van der Waals surface area contributed by atoms with Gasteiger partial charge in [0.25, 0.3) is 0 Å². The van der Waals surface area contributed by atoms with E-state index in [1.807, 2.05) is 24.9 Å². The summed E-state index contributed by atoms with van der Waals surface area (Å²) >= 11 is 0. The number of nitrogens with zero attached hydrogens (tertiary/aromatic N) is 5. The smallest absolute Gasteiger partial charge is 0.191 e. The van der Waals surface area contributed by atoms with Crippen molar-refractivity contribution < 1.29 is 0 Å². The summed E-state index contributed by atoms with van der Waals surface area (Å²) in [7, 11) is 1.98. The molecular formula is C22H35N7. The molecule has 0 aromatic carbocycles. The first-order valence-electron chi connectivity index (χ1n) is 10.8. The van der Waals surface area contributed by atoms with Crippen molar-refractivity contribution in [3.8, 4) is 0 Å². The number of pyridine rings is 1. The number of nitrogens with one attached hydrogen (secondary N) is 2. The summed E-state index contributed by atoms with van der Waals surface area (Å²) in [5, 5.41) is 11.2. The largest absolute Gasteiger partial charge is 0.357 e. The van der Waals surface area contributed by atoms with Crippen molar-refractivity contribution in [1.82, 2.24) is 25.4 Å². The molecule has 0 bridgehead atoms. The van der Waals surface area contributed by atoms with Crippen molar-refractivity contribution in [3.05, 3.63) is 40.8 Å². The van der Waals surface area contributed by atoms with Crippen molar-refractivity contribution in [2.24, 2.45) is 12.0 Å². The highest BCUT2D eigenvalue weighted by molar-refractivity contribution is 5.79. The Kier molecular flexibility index (Phi) is 7.49. The van der Waals surface area contributed by atoms with Gasteiger partial charge in [-0.1, -0.05) is 18.9 Å². The van der Waals surface area contributed by atoms with Crippen LogP contribution in [-0.2, 0) is 20.1 Å². The molecule has 0 saturated carbocycles. The van der Waals surface area contributed by atoms with Crippen LogP contribution in [0.15, 0.2) is 23.3 Å². The maximum absolute atomic E-state index is 4.74. The number of hydrogen-bond acceptors (Lipinski definition) is 4. The zero-order chi connectivity index (χ0) is 20.6. The number of hydrogen-bond donors (Lipinski definition) is 2. The van der Waals surface area contributed by atoms with Gasteiger partial charge in [-0.05, 0) is 45.2 Å². The molecule has 158 valence electrons. The van der Waals surface area contributed by atoms with Crippen LogP contribution in [0, 0.1) is 13.8 Å². The Morgan fingerprint density at radius 1 is 1.10 bits per heavy atom. The molecule has 29 heavy (non-hydrogen) atoms. The average Bonchev–Trinajstić information content (AvgIpc) is 2.91. The predicted molar refractivity (Wildman–Crippen MR) is 119 cm³/mol. The van der Waals surface area contributed by atoms with Crippen LogP contribution in [-0.4, -0.2) is 40.4 Å². The molecule has 7 nitrogen and oxygen atoms in total. The number of guanidine groups is 1. The van der Waals surface area contributed by atoms with Gasteiger partial charge in [0, 0.05) is 50.7 Å². The van der Waals surface area contributed by atoms with Crippen molar-refractivity contribution in [1.29, 1.82) is 0 Å². The third kappa shape index (κ3) is 5.71. The molecule has 3 rings (SSSR count). The van der Waals surface area contributed by atoms with Crippen LogP contribution in [0.25, 0.3) is 0 Å². The fourth-order valence-corrected chi connectivity index (χ4v) is 3.75. The van der Waals surface area contributed by atoms with E-state index < -0.39 is 0 Å². The lowest BCUT2D eigenvalue weighted by atomic mass is 10.2. The minimum Gasteiger partial charge on any atom is -0.357 e. The highest BCUT2D eigenvalue weighted by atomic mass is 15.3. The number of aryl methyl sites for hydroxylation is 2. The second-order valence-electron chi connectivity index (χ2n) is 7.75. The normalized spacial score (nSPS) is 15.3. The van der Waals surface area contributed by atoms with Crippen LogP contribution in [0.2, 0.25) is 0 Å². The van der Waals surface area contributed by atoms with Gasteiger partial charge >= 0.3 is 0 Å². The standard InChI is InChI=1S/C22H35N7/c1-5-23-22(26-16-20-17(2)27-28(4)18(20)3)25-15-19-10-11-21(24-14-19)29-12-8-6-7-9-13-29/h10-11,14H,5-9,12-13,15-16H2,1-4H3,(H2,23,25,26). The van der Waals surface area contributed by atoms with E-state index in [1.165, 1.54) is 36.9 Å². The van der Waals surface area contributed by atoms with Crippen LogP contribution in [0.3, 0.4) is 0 Å². The Bertz CT molecular complexity index is 799. The number of rotatable bonds is 6. The molecule has 1 fully saturated rings. The van der Waals surface area contributed by atoms with Gasteiger partial charge in [0.05, 0.1) is 12.2 Å². The topological polar surface area (TPSA) is 70.4 Å². The zero-order valence-corrected chi connectivity index (χ0v) is 18.3. The Labute approximate surface area is 174 Å². The molecule has 0 unspecified atom stereocenters. The summed E-state index contributed by atoms with van der Waals surface area (Å²) in [5.41, 5.74) is 4.58. The van der Waals surface area contributed by atoms with Crippen molar-refractivity contribution in [3.63, 3.8) is 0 Å². The summed E-state index contributed by atoms with van der Waals surface area (Å²) in [6.45, 7) is 10.6.